The van der Waals surface area contributed by atoms with Crippen molar-refractivity contribution in [3.05, 3.63) is 60.7 Å². The molecule has 0 unspecified atom stereocenters. The molecule has 0 saturated heterocycles. The maximum Gasteiger partial charge on any atom is 0.237 e. The van der Waals surface area contributed by atoms with Gasteiger partial charge in [0, 0.05) is 18.3 Å². The number of hydrogen-bond acceptors (Lipinski definition) is 5. The smallest absolute Gasteiger partial charge is 0.237 e. The van der Waals surface area contributed by atoms with Crippen LogP contribution in [0, 0.1) is 0 Å². The van der Waals surface area contributed by atoms with Gasteiger partial charge in [0.1, 0.15) is 0 Å². The van der Waals surface area contributed by atoms with E-state index in [9.17, 15) is 4.79 Å². The number of nitrogens with zero attached hydrogens (tertiary/aromatic N) is 4. The minimum Gasteiger partial charge on any atom is -0.335 e. The van der Waals surface area contributed by atoms with Crippen LogP contribution in [0.25, 0.3) is 11.4 Å². The molecular weight excluding hydrogens is 322 g/mol. The molecule has 24 heavy (non-hydrogen) atoms. The molecule has 7 heteroatoms. The number of aromatic nitrogens is 3. The lowest BCUT2D eigenvalue weighted by Gasteiger charge is -2.16. The van der Waals surface area contributed by atoms with Gasteiger partial charge in [0.25, 0.3) is 0 Å². The van der Waals surface area contributed by atoms with Crippen LogP contribution in [-0.4, -0.2) is 33.6 Å². The molecule has 6 nitrogen and oxygen atoms in total. The van der Waals surface area contributed by atoms with Crippen LogP contribution < -0.4 is 10.7 Å². The van der Waals surface area contributed by atoms with Crippen LogP contribution in [0.4, 0.5) is 5.69 Å². The molecule has 3 aromatic rings. The first-order valence-electron chi connectivity index (χ1n) is 7.37. The van der Waals surface area contributed by atoms with E-state index in [4.69, 9.17) is 5.84 Å². The highest BCUT2D eigenvalue weighted by Gasteiger charge is 2.16. The van der Waals surface area contributed by atoms with Gasteiger partial charge in [0.2, 0.25) is 11.1 Å². The zero-order valence-corrected chi connectivity index (χ0v) is 14.0. The first kappa shape index (κ1) is 16.1. The third-order valence-electron chi connectivity index (χ3n) is 3.54. The molecular formula is C17H17N5OS. The van der Waals surface area contributed by atoms with Gasteiger partial charge >= 0.3 is 0 Å². The van der Waals surface area contributed by atoms with Crippen molar-refractivity contribution in [1.82, 2.24) is 14.9 Å². The molecule has 0 aliphatic carbocycles. The molecule has 1 heterocycles. The molecule has 2 N–H and O–H groups in total. The summed E-state index contributed by atoms with van der Waals surface area (Å²) in [4.78, 5) is 13.9. The summed E-state index contributed by atoms with van der Waals surface area (Å²) in [5, 5.41) is 8.69. The molecule has 2 aromatic carbocycles. The average molecular weight is 339 g/mol. The van der Waals surface area contributed by atoms with Crippen molar-refractivity contribution in [3.8, 4) is 11.4 Å². The summed E-state index contributed by atoms with van der Waals surface area (Å²) >= 11 is 1.27. The quantitative estimate of drug-likeness (QED) is 0.570. The van der Waals surface area contributed by atoms with Crippen LogP contribution >= 0.6 is 11.8 Å². The normalized spacial score (nSPS) is 10.5. The maximum atomic E-state index is 12.3. The monoisotopic (exact) mass is 339 g/mol. The molecule has 0 fully saturated rings. The van der Waals surface area contributed by atoms with Gasteiger partial charge in [-0.1, -0.05) is 60.3 Å². The Hall–Kier alpha value is -2.80. The van der Waals surface area contributed by atoms with E-state index >= 15 is 0 Å². The highest BCUT2D eigenvalue weighted by molar-refractivity contribution is 7.99. The second-order valence-corrected chi connectivity index (χ2v) is 6.06. The Labute approximate surface area is 144 Å². The second-order valence-electron chi connectivity index (χ2n) is 5.12. The zero-order valence-electron chi connectivity index (χ0n) is 13.2. The number of carbonyl (C=O) groups excluding carboxylic acids is 1. The van der Waals surface area contributed by atoms with E-state index in [0.29, 0.717) is 11.0 Å². The van der Waals surface area contributed by atoms with Crippen LogP contribution in [0.15, 0.2) is 65.8 Å². The Morgan fingerprint density at radius 3 is 2.38 bits per heavy atom. The molecule has 0 atom stereocenters. The topological polar surface area (TPSA) is 77.0 Å². The molecule has 0 aliphatic heterocycles. The number of nitrogens with two attached hydrogens (primary N) is 1. The predicted octanol–water partition coefficient (Wildman–Crippen LogP) is 2.41. The third-order valence-corrected chi connectivity index (χ3v) is 4.47. The minimum absolute atomic E-state index is 0.0320. The van der Waals surface area contributed by atoms with Gasteiger partial charge in [-0.25, -0.2) is 4.68 Å². The van der Waals surface area contributed by atoms with Crippen LogP contribution in [0.3, 0.4) is 0 Å². The SMILES string of the molecule is CN(C(=O)CSc1nnc(-c2ccccc2)n1N)c1ccccc1. The van der Waals surface area contributed by atoms with Crippen molar-refractivity contribution in [1.29, 1.82) is 0 Å². The molecule has 1 amide bonds. The number of nitrogen functional groups attached to an aromatic ring is 1. The lowest BCUT2D eigenvalue weighted by molar-refractivity contribution is -0.115. The summed E-state index contributed by atoms with van der Waals surface area (Å²) in [5.74, 6) is 6.83. The Kier molecular flexibility index (Phi) is 4.81. The van der Waals surface area contributed by atoms with E-state index in [-0.39, 0.29) is 11.7 Å². The second kappa shape index (κ2) is 7.18. The van der Waals surface area contributed by atoms with Gasteiger partial charge < -0.3 is 10.7 Å². The Morgan fingerprint density at radius 2 is 1.71 bits per heavy atom. The van der Waals surface area contributed by atoms with Gasteiger partial charge in [-0.2, -0.15) is 0 Å². The van der Waals surface area contributed by atoms with Crippen molar-refractivity contribution >= 4 is 23.4 Å². The Balaban J connectivity index is 1.67. The van der Waals surface area contributed by atoms with Gasteiger partial charge in [0.05, 0.1) is 5.75 Å². The average Bonchev–Trinajstić information content (AvgIpc) is 3.01. The van der Waals surface area contributed by atoms with Crippen molar-refractivity contribution in [3.63, 3.8) is 0 Å². The van der Waals surface area contributed by atoms with Crippen molar-refractivity contribution in [2.75, 3.05) is 23.5 Å². The predicted molar refractivity (Wildman–Crippen MR) is 96.2 cm³/mol. The Morgan fingerprint density at radius 1 is 1.08 bits per heavy atom. The first-order chi connectivity index (χ1) is 11.7. The summed E-state index contributed by atoms with van der Waals surface area (Å²) in [5.41, 5.74) is 1.73. The number of anilines is 1. The standard InChI is InChI=1S/C17H17N5OS/c1-21(14-10-6-3-7-11-14)15(23)12-24-17-20-19-16(22(17)18)13-8-4-2-5-9-13/h2-11H,12,18H2,1H3. The number of para-hydroxylation sites is 1. The number of carbonyl (C=O) groups is 1. The van der Waals surface area contributed by atoms with Gasteiger partial charge in [0.15, 0.2) is 5.82 Å². The maximum absolute atomic E-state index is 12.3. The van der Waals surface area contributed by atoms with Crippen LogP contribution in [0.5, 0.6) is 0 Å². The van der Waals surface area contributed by atoms with Crippen LogP contribution in [-0.2, 0) is 4.79 Å². The Bertz CT molecular complexity index is 820. The zero-order chi connectivity index (χ0) is 16.9. The van der Waals surface area contributed by atoms with Gasteiger partial charge in [-0.15, -0.1) is 10.2 Å². The molecule has 1 aromatic heterocycles. The lowest BCUT2D eigenvalue weighted by Crippen LogP contribution is -2.28. The van der Waals surface area contributed by atoms with Crippen molar-refractivity contribution in [2.45, 2.75) is 5.16 Å². The van der Waals surface area contributed by atoms with Crippen LogP contribution in [0.1, 0.15) is 0 Å². The van der Waals surface area contributed by atoms with E-state index in [2.05, 4.69) is 10.2 Å². The van der Waals surface area contributed by atoms with Crippen molar-refractivity contribution < 1.29 is 4.79 Å². The van der Waals surface area contributed by atoms with Crippen LogP contribution in [0.2, 0.25) is 0 Å². The molecule has 3 rings (SSSR count). The van der Waals surface area contributed by atoms with Gasteiger partial charge in [-0.3, -0.25) is 4.79 Å². The molecule has 0 aliphatic rings. The first-order valence-corrected chi connectivity index (χ1v) is 8.35. The lowest BCUT2D eigenvalue weighted by atomic mass is 10.2. The molecule has 0 saturated carbocycles. The highest BCUT2D eigenvalue weighted by Crippen LogP contribution is 2.22. The molecule has 0 radical (unpaired) electrons. The van der Waals surface area contributed by atoms with E-state index in [0.717, 1.165) is 11.3 Å². The fourth-order valence-corrected chi connectivity index (χ4v) is 2.95. The molecule has 0 spiro atoms. The number of amides is 1. The number of rotatable bonds is 5. The van der Waals surface area contributed by atoms with Crippen molar-refractivity contribution in [2.24, 2.45) is 0 Å². The third kappa shape index (κ3) is 3.41. The van der Waals surface area contributed by atoms with E-state index in [1.165, 1.54) is 16.4 Å². The van der Waals surface area contributed by atoms with Gasteiger partial charge in [-0.05, 0) is 12.1 Å². The minimum atomic E-state index is -0.0320. The number of benzene rings is 2. The summed E-state index contributed by atoms with van der Waals surface area (Å²) in [6, 6.07) is 19.1. The van der Waals surface area contributed by atoms with E-state index in [1.807, 2.05) is 60.7 Å². The number of thioether (sulfide) groups is 1. The van der Waals surface area contributed by atoms with E-state index < -0.39 is 0 Å². The number of hydrogen-bond donors (Lipinski definition) is 1. The molecule has 0 bridgehead atoms. The molecule has 122 valence electrons. The highest BCUT2D eigenvalue weighted by atomic mass is 32.2. The fourth-order valence-electron chi connectivity index (χ4n) is 2.18. The largest absolute Gasteiger partial charge is 0.335 e. The summed E-state index contributed by atoms with van der Waals surface area (Å²) in [6.07, 6.45) is 0. The summed E-state index contributed by atoms with van der Waals surface area (Å²) in [7, 11) is 1.75. The van der Waals surface area contributed by atoms with E-state index in [1.54, 1.807) is 11.9 Å². The summed E-state index contributed by atoms with van der Waals surface area (Å²) in [6.45, 7) is 0. The summed E-state index contributed by atoms with van der Waals surface area (Å²) < 4.78 is 1.41. The fraction of sp³-hybridized carbons (Fsp3) is 0.118.